The molecule has 8 rings (SSSR count). The van der Waals surface area contributed by atoms with E-state index in [0.29, 0.717) is 30.3 Å². The summed E-state index contributed by atoms with van der Waals surface area (Å²) >= 11 is 0. The summed E-state index contributed by atoms with van der Waals surface area (Å²) in [6.07, 6.45) is 6.78. The molecule has 7 heteroatoms. The Morgan fingerprint density at radius 2 is 1.93 bits per heavy atom. The largest absolute Gasteiger partial charge is 0.494 e. The molecule has 2 aliphatic carbocycles. The number of rotatable bonds is 8. The molecule has 0 spiro atoms. The van der Waals surface area contributed by atoms with Crippen molar-refractivity contribution < 1.29 is 9.53 Å². The van der Waals surface area contributed by atoms with Gasteiger partial charge >= 0.3 is 0 Å². The molecule has 1 saturated carbocycles. The van der Waals surface area contributed by atoms with E-state index >= 15 is 0 Å². The lowest BCUT2D eigenvalue weighted by Gasteiger charge is -2.56. The maximum absolute atomic E-state index is 13.7. The van der Waals surface area contributed by atoms with Crippen LogP contribution in [0, 0.1) is 11.3 Å². The van der Waals surface area contributed by atoms with Gasteiger partial charge in [0.25, 0.3) is 5.91 Å². The fourth-order valence-electron chi connectivity index (χ4n) is 7.72. The summed E-state index contributed by atoms with van der Waals surface area (Å²) in [6, 6.07) is 21.8. The van der Waals surface area contributed by atoms with Crippen LogP contribution < -0.4 is 10.5 Å². The molecule has 1 unspecified atom stereocenters. The second-order valence-corrected chi connectivity index (χ2v) is 13.5. The van der Waals surface area contributed by atoms with Crippen molar-refractivity contribution >= 4 is 39.5 Å². The number of amides is 1. The number of carbonyl (C=O) groups is 1. The van der Waals surface area contributed by atoms with E-state index < -0.39 is 0 Å². The average Bonchev–Trinajstić information content (AvgIpc) is 3.52. The lowest BCUT2D eigenvalue weighted by Crippen LogP contribution is -2.67. The van der Waals surface area contributed by atoms with Crippen LogP contribution in [0.15, 0.2) is 60.7 Å². The monoisotopic (exact) mass is 599 g/mol. The van der Waals surface area contributed by atoms with E-state index in [9.17, 15) is 4.79 Å². The van der Waals surface area contributed by atoms with E-state index in [4.69, 9.17) is 15.5 Å². The highest BCUT2D eigenvalue weighted by Crippen LogP contribution is 2.42. The Balaban J connectivity index is 1.20. The number of aryl methyl sites for hydroxylation is 1. The molecule has 0 radical (unpaired) electrons. The zero-order valence-electron chi connectivity index (χ0n) is 26.6. The van der Waals surface area contributed by atoms with Crippen LogP contribution in [-0.4, -0.2) is 51.2 Å². The number of nitrogens with zero attached hydrogens (tertiary/aromatic N) is 4. The predicted octanol–water partition coefficient (Wildman–Crippen LogP) is 6.91. The van der Waals surface area contributed by atoms with E-state index in [0.717, 1.165) is 41.9 Å². The van der Waals surface area contributed by atoms with E-state index in [1.165, 1.54) is 46.0 Å². The van der Waals surface area contributed by atoms with Gasteiger partial charge in [-0.1, -0.05) is 43.3 Å². The molecule has 1 amide bonds. The maximum atomic E-state index is 13.7. The van der Waals surface area contributed by atoms with E-state index in [2.05, 4.69) is 77.6 Å². The van der Waals surface area contributed by atoms with Crippen LogP contribution >= 0.6 is 0 Å². The Morgan fingerprint density at radius 1 is 1.11 bits per heavy atom. The van der Waals surface area contributed by atoms with Gasteiger partial charge in [0.05, 0.1) is 18.3 Å². The zero-order valence-corrected chi connectivity index (χ0v) is 26.6. The maximum Gasteiger partial charge on any atom is 0.254 e. The van der Waals surface area contributed by atoms with Gasteiger partial charge in [-0.15, -0.1) is 0 Å². The average molecular weight is 600 g/mol. The van der Waals surface area contributed by atoms with Crippen LogP contribution in [0.25, 0.3) is 45.1 Å². The van der Waals surface area contributed by atoms with Gasteiger partial charge in [-0.05, 0) is 91.1 Å². The summed E-state index contributed by atoms with van der Waals surface area (Å²) in [5, 5.41) is 1.22. The van der Waals surface area contributed by atoms with Gasteiger partial charge in [0, 0.05) is 54.6 Å². The smallest absolute Gasteiger partial charge is 0.254 e. The Hall–Kier alpha value is -4.36. The molecule has 2 fully saturated rings. The second-order valence-electron chi connectivity index (χ2n) is 13.5. The molecule has 3 heterocycles. The Kier molecular flexibility index (Phi) is 6.47. The topological polar surface area (TPSA) is 78.3 Å². The van der Waals surface area contributed by atoms with Crippen LogP contribution in [-0.2, 0) is 20.0 Å². The molecule has 2 atom stereocenters. The Morgan fingerprint density at radius 3 is 2.64 bits per heavy atom. The molecular weight excluding hydrogens is 558 g/mol. The normalized spacial score (nSPS) is 20.9. The van der Waals surface area contributed by atoms with Crippen molar-refractivity contribution in [1.29, 1.82) is 0 Å². The summed E-state index contributed by atoms with van der Waals surface area (Å²) < 4.78 is 10.5. The van der Waals surface area contributed by atoms with Crippen molar-refractivity contribution in [1.82, 2.24) is 19.0 Å². The van der Waals surface area contributed by atoms with Crippen molar-refractivity contribution in [3.63, 3.8) is 0 Å². The van der Waals surface area contributed by atoms with Crippen molar-refractivity contribution in [2.75, 3.05) is 20.2 Å². The van der Waals surface area contributed by atoms with Crippen LogP contribution in [0.3, 0.4) is 0 Å². The SMILES string of the molecule is CC[C@@]1(CN)CN(C(=O)c2cc(OC)c3c(c2)nc(-c2cc4cc(C5=Cc6ccccc6C5)ccc4n2CC2CC2)n3C)C1C. The zero-order chi connectivity index (χ0) is 31.0. The third kappa shape index (κ3) is 4.35. The number of ether oxygens (including phenoxy) is 1. The number of nitrogens with two attached hydrogens (primary N) is 1. The minimum atomic E-state index is -0.00483. The van der Waals surface area contributed by atoms with Crippen molar-refractivity contribution in [2.24, 2.45) is 24.1 Å². The molecule has 3 aromatic carbocycles. The highest BCUT2D eigenvalue weighted by atomic mass is 16.5. The molecule has 2 aromatic heterocycles. The summed E-state index contributed by atoms with van der Waals surface area (Å²) in [5.41, 5.74) is 16.0. The summed E-state index contributed by atoms with van der Waals surface area (Å²) in [6.45, 7) is 6.51. The van der Waals surface area contributed by atoms with E-state index in [1.54, 1.807) is 7.11 Å². The molecule has 3 aliphatic rings. The number of hydrogen-bond donors (Lipinski definition) is 1. The summed E-state index contributed by atoms with van der Waals surface area (Å²) in [5.74, 6) is 2.24. The number of carbonyl (C=O) groups excluding carboxylic acids is 1. The van der Waals surface area contributed by atoms with Crippen LogP contribution in [0.2, 0.25) is 0 Å². The van der Waals surface area contributed by atoms with Gasteiger partial charge in [-0.25, -0.2) is 4.98 Å². The number of fused-ring (bicyclic) bond motifs is 3. The molecule has 7 nitrogen and oxygen atoms in total. The molecule has 2 N–H and O–H groups in total. The number of hydrogen-bond acceptors (Lipinski definition) is 4. The minimum absolute atomic E-state index is 0.00483. The fraction of sp³-hybridized carbons (Fsp3) is 0.368. The fourth-order valence-corrected chi connectivity index (χ4v) is 7.72. The van der Waals surface area contributed by atoms with Crippen molar-refractivity contribution in [3.05, 3.63) is 82.9 Å². The molecule has 0 bridgehead atoms. The molecule has 1 saturated heterocycles. The quantitative estimate of drug-likeness (QED) is 0.210. The third-order valence-electron chi connectivity index (χ3n) is 11.0. The summed E-state index contributed by atoms with van der Waals surface area (Å²) in [4.78, 5) is 20.9. The van der Waals surface area contributed by atoms with Crippen LogP contribution in [0.5, 0.6) is 5.75 Å². The Labute approximate surface area is 264 Å². The predicted molar refractivity (Wildman–Crippen MR) is 181 cm³/mol. The minimum Gasteiger partial charge on any atom is -0.494 e. The molecule has 1 aliphatic heterocycles. The van der Waals surface area contributed by atoms with Crippen LogP contribution in [0.4, 0.5) is 0 Å². The van der Waals surface area contributed by atoms with Gasteiger partial charge in [0.15, 0.2) is 5.82 Å². The number of likely N-dealkylation sites (tertiary alicyclic amines) is 1. The highest BCUT2D eigenvalue weighted by molar-refractivity contribution is 6.01. The molecule has 45 heavy (non-hydrogen) atoms. The first-order chi connectivity index (χ1) is 21.8. The van der Waals surface area contributed by atoms with Gasteiger partial charge in [-0.3, -0.25) is 4.79 Å². The molecule has 230 valence electrons. The van der Waals surface area contributed by atoms with Gasteiger partial charge < -0.3 is 24.5 Å². The molecular formula is C38H41N5O2. The first-order valence-electron chi connectivity index (χ1n) is 16.3. The van der Waals surface area contributed by atoms with Gasteiger partial charge in [0.2, 0.25) is 0 Å². The Bertz CT molecular complexity index is 2020. The van der Waals surface area contributed by atoms with E-state index in [1.807, 2.05) is 24.1 Å². The number of methoxy groups -OCH3 is 1. The standard InChI is InChI=1S/C38H41N5O2/c1-5-38(21-39)22-43(23(38)2)37(44)30-17-31-35(34(19-30)45-4)41(3)36(40-31)33-18-29-16-27(12-13-32(29)42(33)20-24-10-11-24)28-14-25-8-6-7-9-26(25)15-28/h6-9,12-14,16-19,23-24H,5,10-11,15,20-22,39H2,1-4H3/t23?,38-/m1/s1. The van der Waals surface area contributed by atoms with Crippen molar-refractivity contribution in [3.8, 4) is 17.3 Å². The lowest BCUT2D eigenvalue weighted by molar-refractivity contribution is -0.0403. The van der Waals surface area contributed by atoms with Gasteiger partial charge in [0.1, 0.15) is 11.3 Å². The number of aromatic nitrogens is 3. The lowest BCUT2D eigenvalue weighted by atomic mass is 9.70. The first kappa shape index (κ1) is 28.1. The highest BCUT2D eigenvalue weighted by Gasteiger charge is 2.50. The first-order valence-corrected chi connectivity index (χ1v) is 16.3. The second kappa shape index (κ2) is 10.3. The number of benzene rings is 3. The summed E-state index contributed by atoms with van der Waals surface area (Å²) in [7, 11) is 3.72. The molecule has 5 aromatic rings. The number of allylic oxidation sites excluding steroid dienone is 1. The van der Waals surface area contributed by atoms with Crippen molar-refractivity contribution in [2.45, 2.75) is 52.1 Å². The van der Waals surface area contributed by atoms with Gasteiger partial charge in [-0.2, -0.15) is 0 Å². The number of imidazole rings is 1. The van der Waals surface area contributed by atoms with Crippen LogP contribution in [0.1, 0.15) is 60.2 Å². The van der Waals surface area contributed by atoms with E-state index in [-0.39, 0.29) is 17.4 Å². The third-order valence-corrected chi connectivity index (χ3v) is 11.0.